The van der Waals surface area contributed by atoms with Crippen LogP contribution in [0.3, 0.4) is 0 Å². The van der Waals surface area contributed by atoms with E-state index in [1.807, 2.05) is 18.2 Å². The van der Waals surface area contributed by atoms with E-state index in [-0.39, 0.29) is 17.5 Å². The SMILES string of the molecule is COc1cccc(O[C@H]2CCN(C(=O)c3ccc(-c4ccc(F)cc4)o3)CC[C@@H]2O)c1. The fraction of sp³-hybridized carbons (Fsp3) is 0.292. The number of aliphatic hydroxyl groups is 1. The smallest absolute Gasteiger partial charge is 0.289 e. The van der Waals surface area contributed by atoms with Crippen LogP contribution < -0.4 is 9.47 Å². The normalized spacial score (nSPS) is 19.0. The quantitative estimate of drug-likeness (QED) is 0.665. The van der Waals surface area contributed by atoms with Gasteiger partial charge in [-0.05, 0) is 55.0 Å². The van der Waals surface area contributed by atoms with Crippen molar-refractivity contribution in [2.24, 2.45) is 0 Å². The van der Waals surface area contributed by atoms with Gasteiger partial charge in [0.2, 0.25) is 0 Å². The molecule has 1 amide bonds. The molecular formula is C24H24FNO5. The number of hydrogen-bond donors (Lipinski definition) is 1. The third kappa shape index (κ3) is 4.88. The third-order valence-electron chi connectivity index (χ3n) is 5.37. The molecule has 4 rings (SSSR count). The standard InChI is InChI=1S/C24H24FNO5/c1-29-18-3-2-4-19(15-18)30-22-12-14-26(13-11-20(22)27)24(28)23-10-9-21(31-23)16-5-7-17(25)8-6-16/h2-10,15,20,22,27H,11-14H2,1H3/t20-,22-/m0/s1. The van der Waals surface area contributed by atoms with Gasteiger partial charge in [-0.15, -0.1) is 0 Å². The first kappa shape index (κ1) is 20.9. The number of hydrogen-bond acceptors (Lipinski definition) is 5. The second-order valence-corrected chi connectivity index (χ2v) is 7.44. The number of nitrogens with zero attached hydrogens (tertiary/aromatic N) is 1. The summed E-state index contributed by atoms with van der Waals surface area (Å²) in [5, 5.41) is 10.5. The number of carbonyl (C=O) groups excluding carboxylic acids is 1. The number of carbonyl (C=O) groups is 1. The number of rotatable bonds is 5. The second-order valence-electron chi connectivity index (χ2n) is 7.44. The van der Waals surface area contributed by atoms with E-state index in [0.29, 0.717) is 48.8 Å². The molecule has 1 aromatic heterocycles. The number of benzene rings is 2. The van der Waals surface area contributed by atoms with E-state index >= 15 is 0 Å². The molecular weight excluding hydrogens is 401 g/mol. The van der Waals surface area contributed by atoms with Gasteiger partial charge in [-0.1, -0.05) is 6.07 Å². The minimum absolute atomic E-state index is 0.209. The topological polar surface area (TPSA) is 72.1 Å². The molecule has 0 unspecified atom stereocenters. The molecule has 1 aliphatic rings. The average molecular weight is 425 g/mol. The van der Waals surface area contributed by atoms with Crippen molar-refractivity contribution in [3.05, 3.63) is 72.2 Å². The molecule has 0 bridgehead atoms. The van der Waals surface area contributed by atoms with Gasteiger partial charge in [0.25, 0.3) is 5.91 Å². The van der Waals surface area contributed by atoms with Crippen molar-refractivity contribution in [1.82, 2.24) is 4.90 Å². The first-order chi connectivity index (χ1) is 15.0. The third-order valence-corrected chi connectivity index (χ3v) is 5.37. The molecule has 31 heavy (non-hydrogen) atoms. The van der Waals surface area contributed by atoms with Gasteiger partial charge in [0.15, 0.2) is 5.76 Å². The largest absolute Gasteiger partial charge is 0.497 e. The Morgan fingerprint density at radius 3 is 2.58 bits per heavy atom. The predicted molar refractivity (Wildman–Crippen MR) is 113 cm³/mol. The molecule has 3 aromatic rings. The number of likely N-dealkylation sites (tertiary alicyclic amines) is 1. The van der Waals surface area contributed by atoms with E-state index < -0.39 is 12.2 Å². The first-order valence-electron chi connectivity index (χ1n) is 10.2. The highest BCUT2D eigenvalue weighted by atomic mass is 19.1. The Balaban J connectivity index is 1.42. The predicted octanol–water partition coefficient (Wildman–Crippen LogP) is 4.14. The summed E-state index contributed by atoms with van der Waals surface area (Å²) >= 11 is 0. The van der Waals surface area contributed by atoms with Crippen LogP contribution in [0.4, 0.5) is 4.39 Å². The zero-order valence-corrected chi connectivity index (χ0v) is 17.2. The fourth-order valence-electron chi connectivity index (χ4n) is 3.63. The molecule has 0 radical (unpaired) electrons. The van der Waals surface area contributed by atoms with Gasteiger partial charge in [-0.25, -0.2) is 4.39 Å². The van der Waals surface area contributed by atoms with Crippen LogP contribution in [-0.4, -0.2) is 48.3 Å². The summed E-state index contributed by atoms with van der Waals surface area (Å²) in [6.07, 6.45) is -0.256. The summed E-state index contributed by atoms with van der Waals surface area (Å²) in [7, 11) is 1.58. The Labute approximate surface area is 179 Å². The van der Waals surface area contributed by atoms with Gasteiger partial charge in [-0.3, -0.25) is 4.79 Å². The lowest BCUT2D eigenvalue weighted by molar-refractivity contribution is 0.0349. The molecule has 1 saturated heterocycles. The maximum absolute atomic E-state index is 13.1. The molecule has 1 aliphatic heterocycles. The molecule has 0 spiro atoms. The van der Waals surface area contributed by atoms with E-state index in [2.05, 4.69) is 0 Å². The number of halogens is 1. The van der Waals surface area contributed by atoms with Crippen LogP contribution in [0.15, 0.2) is 65.1 Å². The summed E-state index contributed by atoms with van der Waals surface area (Å²) in [6.45, 7) is 0.821. The van der Waals surface area contributed by atoms with Crippen LogP contribution in [0.25, 0.3) is 11.3 Å². The van der Waals surface area contributed by atoms with Crippen molar-refractivity contribution in [3.63, 3.8) is 0 Å². The number of amides is 1. The zero-order chi connectivity index (χ0) is 21.8. The van der Waals surface area contributed by atoms with E-state index in [0.717, 1.165) is 0 Å². The van der Waals surface area contributed by atoms with Crippen molar-refractivity contribution in [3.8, 4) is 22.8 Å². The lowest BCUT2D eigenvalue weighted by Crippen LogP contribution is -2.32. The van der Waals surface area contributed by atoms with Gasteiger partial charge in [0, 0.05) is 31.1 Å². The Hall–Kier alpha value is -3.32. The highest BCUT2D eigenvalue weighted by molar-refractivity contribution is 5.92. The van der Waals surface area contributed by atoms with Crippen LogP contribution >= 0.6 is 0 Å². The van der Waals surface area contributed by atoms with Crippen LogP contribution in [0.2, 0.25) is 0 Å². The minimum Gasteiger partial charge on any atom is -0.497 e. The van der Waals surface area contributed by atoms with Crippen LogP contribution in [0, 0.1) is 5.82 Å². The summed E-state index contributed by atoms with van der Waals surface area (Å²) < 4.78 is 30.0. The van der Waals surface area contributed by atoms with Crippen molar-refractivity contribution >= 4 is 5.91 Å². The van der Waals surface area contributed by atoms with E-state index in [1.165, 1.54) is 12.1 Å². The van der Waals surface area contributed by atoms with Gasteiger partial charge >= 0.3 is 0 Å². The number of methoxy groups -OCH3 is 1. The molecule has 2 atom stereocenters. The highest BCUT2D eigenvalue weighted by Crippen LogP contribution is 2.26. The maximum atomic E-state index is 13.1. The molecule has 0 aliphatic carbocycles. The number of furan rings is 1. The Bertz CT molecular complexity index is 1030. The summed E-state index contributed by atoms with van der Waals surface area (Å²) in [5.41, 5.74) is 0.693. The number of ether oxygens (including phenoxy) is 2. The zero-order valence-electron chi connectivity index (χ0n) is 17.2. The van der Waals surface area contributed by atoms with Crippen molar-refractivity contribution in [2.75, 3.05) is 20.2 Å². The Kier molecular flexibility index (Phi) is 6.23. The van der Waals surface area contributed by atoms with E-state index in [1.54, 1.807) is 42.3 Å². The highest BCUT2D eigenvalue weighted by Gasteiger charge is 2.30. The second kappa shape index (κ2) is 9.22. The molecule has 0 saturated carbocycles. The lowest BCUT2D eigenvalue weighted by Gasteiger charge is -2.22. The maximum Gasteiger partial charge on any atom is 0.289 e. The van der Waals surface area contributed by atoms with Gasteiger partial charge in [0.1, 0.15) is 29.2 Å². The van der Waals surface area contributed by atoms with Crippen LogP contribution in [0.5, 0.6) is 11.5 Å². The molecule has 6 nitrogen and oxygen atoms in total. The molecule has 1 N–H and O–H groups in total. The summed E-state index contributed by atoms with van der Waals surface area (Å²) in [6, 6.07) is 16.4. The average Bonchev–Trinajstić information content (AvgIpc) is 3.21. The summed E-state index contributed by atoms with van der Waals surface area (Å²) in [4.78, 5) is 14.6. The van der Waals surface area contributed by atoms with E-state index in [9.17, 15) is 14.3 Å². The van der Waals surface area contributed by atoms with Gasteiger partial charge in [-0.2, -0.15) is 0 Å². The van der Waals surface area contributed by atoms with Gasteiger partial charge in [0.05, 0.1) is 13.2 Å². The van der Waals surface area contributed by atoms with Gasteiger partial charge < -0.3 is 23.9 Å². The molecule has 2 heterocycles. The molecule has 162 valence electrons. The first-order valence-corrected chi connectivity index (χ1v) is 10.2. The number of aliphatic hydroxyl groups excluding tert-OH is 1. The minimum atomic E-state index is -0.699. The lowest BCUT2D eigenvalue weighted by atomic mass is 10.1. The molecule has 2 aromatic carbocycles. The van der Waals surface area contributed by atoms with Crippen molar-refractivity contribution in [2.45, 2.75) is 25.0 Å². The van der Waals surface area contributed by atoms with Crippen molar-refractivity contribution < 1.29 is 28.2 Å². The fourth-order valence-corrected chi connectivity index (χ4v) is 3.63. The van der Waals surface area contributed by atoms with Crippen LogP contribution in [-0.2, 0) is 0 Å². The summed E-state index contributed by atoms with van der Waals surface area (Å²) in [5.74, 6) is 1.41. The van der Waals surface area contributed by atoms with Crippen molar-refractivity contribution in [1.29, 1.82) is 0 Å². The Morgan fingerprint density at radius 2 is 1.81 bits per heavy atom. The molecule has 1 fully saturated rings. The molecule has 7 heteroatoms. The Morgan fingerprint density at radius 1 is 1.06 bits per heavy atom. The monoisotopic (exact) mass is 425 g/mol. The van der Waals surface area contributed by atoms with E-state index in [4.69, 9.17) is 13.9 Å². The van der Waals surface area contributed by atoms with Crippen LogP contribution in [0.1, 0.15) is 23.4 Å².